The first kappa shape index (κ1) is 14.9. The smallest absolute Gasteiger partial charge is 0.173 e. The van der Waals surface area contributed by atoms with Crippen LogP contribution < -0.4 is 4.74 Å². The van der Waals surface area contributed by atoms with Gasteiger partial charge in [-0.1, -0.05) is 18.2 Å². The van der Waals surface area contributed by atoms with E-state index in [1.54, 1.807) is 0 Å². The maximum absolute atomic E-state index is 12.4. The fraction of sp³-hybridized carbons (Fsp3) is 0.588. The summed E-state index contributed by atoms with van der Waals surface area (Å²) < 4.78 is 11.6. The molecular formula is C17H22O3S. The summed E-state index contributed by atoms with van der Waals surface area (Å²) in [7, 11) is 0. The lowest BCUT2D eigenvalue weighted by Gasteiger charge is -2.42. The quantitative estimate of drug-likeness (QED) is 0.855. The van der Waals surface area contributed by atoms with Gasteiger partial charge in [0.05, 0.1) is 5.60 Å². The van der Waals surface area contributed by atoms with Gasteiger partial charge in [0.1, 0.15) is 12.4 Å². The van der Waals surface area contributed by atoms with Gasteiger partial charge in [-0.05, 0) is 49.3 Å². The lowest BCUT2D eigenvalue weighted by Crippen LogP contribution is -2.45. The Morgan fingerprint density at radius 3 is 2.81 bits per heavy atom. The van der Waals surface area contributed by atoms with Crippen LogP contribution in [0.5, 0.6) is 5.75 Å². The Kier molecular flexibility index (Phi) is 4.86. The van der Waals surface area contributed by atoms with Crippen LogP contribution in [0, 0.1) is 5.92 Å². The van der Waals surface area contributed by atoms with Crippen LogP contribution >= 0.6 is 11.8 Å². The van der Waals surface area contributed by atoms with Crippen LogP contribution in [-0.4, -0.2) is 36.1 Å². The van der Waals surface area contributed by atoms with E-state index in [9.17, 15) is 4.79 Å². The van der Waals surface area contributed by atoms with Gasteiger partial charge in [-0.2, -0.15) is 11.8 Å². The Hall–Kier alpha value is -1.00. The fourth-order valence-electron chi connectivity index (χ4n) is 3.18. The first-order valence-corrected chi connectivity index (χ1v) is 8.85. The highest BCUT2D eigenvalue weighted by Gasteiger charge is 2.40. The highest BCUT2D eigenvalue weighted by Crippen LogP contribution is 2.39. The van der Waals surface area contributed by atoms with Crippen molar-refractivity contribution in [1.29, 1.82) is 0 Å². The van der Waals surface area contributed by atoms with Crippen molar-refractivity contribution in [2.24, 2.45) is 5.92 Å². The second kappa shape index (κ2) is 6.84. The summed E-state index contributed by atoms with van der Waals surface area (Å²) in [6.45, 7) is 0.895. The zero-order valence-corrected chi connectivity index (χ0v) is 13.1. The van der Waals surface area contributed by atoms with Crippen molar-refractivity contribution in [3.63, 3.8) is 0 Å². The molecule has 4 heteroatoms. The van der Waals surface area contributed by atoms with Crippen LogP contribution in [0.4, 0.5) is 0 Å². The summed E-state index contributed by atoms with van der Waals surface area (Å²) in [5, 5.41) is 0. The van der Waals surface area contributed by atoms with Gasteiger partial charge < -0.3 is 9.47 Å². The van der Waals surface area contributed by atoms with E-state index in [4.69, 9.17) is 9.47 Å². The van der Waals surface area contributed by atoms with E-state index in [2.05, 4.69) is 0 Å². The first-order chi connectivity index (χ1) is 10.3. The molecule has 0 bridgehead atoms. The Bertz CT molecular complexity index is 463. The molecule has 2 fully saturated rings. The molecule has 0 aromatic heterocycles. The van der Waals surface area contributed by atoms with E-state index in [1.807, 2.05) is 42.1 Å². The monoisotopic (exact) mass is 306 g/mol. The van der Waals surface area contributed by atoms with Gasteiger partial charge in [-0.15, -0.1) is 0 Å². The topological polar surface area (TPSA) is 35.5 Å². The Morgan fingerprint density at radius 2 is 2.05 bits per heavy atom. The van der Waals surface area contributed by atoms with Crippen LogP contribution in [0.1, 0.15) is 25.7 Å². The molecule has 0 saturated carbocycles. The maximum Gasteiger partial charge on any atom is 0.173 e. The van der Waals surface area contributed by atoms with E-state index in [-0.39, 0.29) is 23.9 Å². The third-order valence-electron chi connectivity index (χ3n) is 4.48. The van der Waals surface area contributed by atoms with Crippen molar-refractivity contribution in [2.75, 3.05) is 24.7 Å². The Morgan fingerprint density at radius 1 is 1.29 bits per heavy atom. The molecule has 0 aliphatic carbocycles. The van der Waals surface area contributed by atoms with Crippen molar-refractivity contribution >= 4 is 17.5 Å². The minimum atomic E-state index is -0.0312. The molecular weight excluding hydrogens is 284 g/mol. The summed E-state index contributed by atoms with van der Waals surface area (Å²) >= 11 is 1.99. The number of carbonyl (C=O) groups excluding carboxylic acids is 1. The number of thioether (sulfide) groups is 1. The molecule has 1 aromatic rings. The summed E-state index contributed by atoms with van der Waals surface area (Å²) in [6, 6.07) is 9.55. The van der Waals surface area contributed by atoms with Gasteiger partial charge in [0.15, 0.2) is 5.78 Å². The molecule has 0 radical (unpaired) electrons. The van der Waals surface area contributed by atoms with Crippen LogP contribution in [0.25, 0.3) is 0 Å². The molecule has 114 valence electrons. The number of Topliss-reactive ketones (excluding diaryl/α,β-unsaturated/α-hetero) is 1. The average molecular weight is 306 g/mol. The molecule has 1 unspecified atom stereocenters. The zero-order chi connectivity index (χ0) is 14.5. The molecule has 2 heterocycles. The molecule has 1 atom stereocenters. The molecule has 3 rings (SSSR count). The number of hydrogen-bond acceptors (Lipinski definition) is 4. The molecule has 0 amide bonds. The predicted octanol–water partition coefficient (Wildman–Crippen LogP) is 3.33. The second-order valence-corrected chi connectivity index (χ2v) is 7.13. The van der Waals surface area contributed by atoms with Gasteiger partial charge in [-0.25, -0.2) is 0 Å². The van der Waals surface area contributed by atoms with Gasteiger partial charge >= 0.3 is 0 Å². The maximum atomic E-state index is 12.4. The summed E-state index contributed by atoms with van der Waals surface area (Å²) in [5.74, 6) is 3.40. The molecule has 2 aliphatic rings. The predicted molar refractivity (Wildman–Crippen MR) is 84.9 cm³/mol. The SMILES string of the molecule is O=C(COc1ccccc1)C1CCOC2(CCSCC2)C1. The van der Waals surface area contributed by atoms with E-state index in [0.29, 0.717) is 6.61 Å². The number of rotatable bonds is 4. The Balaban J connectivity index is 1.54. The van der Waals surface area contributed by atoms with Crippen LogP contribution in [0.2, 0.25) is 0 Å². The summed E-state index contributed by atoms with van der Waals surface area (Å²) in [5.41, 5.74) is -0.0312. The highest BCUT2D eigenvalue weighted by atomic mass is 32.2. The van der Waals surface area contributed by atoms with E-state index < -0.39 is 0 Å². The highest BCUT2D eigenvalue weighted by molar-refractivity contribution is 7.99. The number of para-hydroxylation sites is 1. The normalized spacial score (nSPS) is 24.7. The van der Waals surface area contributed by atoms with Crippen LogP contribution in [0.3, 0.4) is 0 Å². The molecule has 1 spiro atoms. The zero-order valence-electron chi connectivity index (χ0n) is 12.3. The number of hydrogen-bond donors (Lipinski definition) is 0. The lowest BCUT2D eigenvalue weighted by atomic mass is 9.80. The standard InChI is InChI=1S/C17H22O3S/c18-16(13-19-15-4-2-1-3-5-15)14-6-9-20-17(12-14)7-10-21-11-8-17/h1-5,14H,6-13H2. The third kappa shape index (κ3) is 3.80. The molecule has 21 heavy (non-hydrogen) atoms. The first-order valence-electron chi connectivity index (χ1n) is 7.70. The van der Waals surface area contributed by atoms with Crippen LogP contribution in [0.15, 0.2) is 30.3 Å². The van der Waals surface area contributed by atoms with Gasteiger partial charge in [0.25, 0.3) is 0 Å². The number of carbonyl (C=O) groups is 1. The van der Waals surface area contributed by atoms with Crippen LogP contribution in [-0.2, 0) is 9.53 Å². The second-order valence-electron chi connectivity index (χ2n) is 5.90. The number of ketones is 1. The average Bonchev–Trinajstić information content (AvgIpc) is 2.54. The summed E-state index contributed by atoms with van der Waals surface area (Å²) in [6.07, 6.45) is 3.89. The number of benzene rings is 1. The van der Waals surface area contributed by atoms with Gasteiger partial charge in [0.2, 0.25) is 0 Å². The Labute approximate surface area is 130 Å². The largest absolute Gasteiger partial charge is 0.486 e. The summed E-state index contributed by atoms with van der Waals surface area (Å²) in [4.78, 5) is 12.4. The molecule has 0 N–H and O–H groups in total. The third-order valence-corrected chi connectivity index (χ3v) is 5.46. The fourth-order valence-corrected chi connectivity index (χ4v) is 4.42. The molecule has 1 aromatic carbocycles. The lowest BCUT2D eigenvalue weighted by molar-refractivity contribution is -0.140. The van der Waals surface area contributed by atoms with E-state index in [0.717, 1.165) is 42.9 Å². The van der Waals surface area contributed by atoms with E-state index >= 15 is 0 Å². The minimum Gasteiger partial charge on any atom is -0.486 e. The molecule has 2 aliphatic heterocycles. The van der Waals surface area contributed by atoms with Gasteiger partial charge in [-0.3, -0.25) is 4.79 Å². The van der Waals surface area contributed by atoms with Crippen molar-refractivity contribution in [1.82, 2.24) is 0 Å². The number of ether oxygens (including phenoxy) is 2. The van der Waals surface area contributed by atoms with Crippen molar-refractivity contribution in [2.45, 2.75) is 31.3 Å². The van der Waals surface area contributed by atoms with Crippen molar-refractivity contribution in [3.05, 3.63) is 30.3 Å². The van der Waals surface area contributed by atoms with E-state index in [1.165, 1.54) is 0 Å². The van der Waals surface area contributed by atoms with Crippen molar-refractivity contribution in [3.8, 4) is 5.75 Å². The minimum absolute atomic E-state index is 0.0312. The van der Waals surface area contributed by atoms with Crippen molar-refractivity contribution < 1.29 is 14.3 Å². The molecule has 3 nitrogen and oxygen atoms in total. The van der Waals surface area contributed by atoms with Gasteiger partial charge in [0, 0.05) is 12.5 Å². The molecule has 2 saturated heterocycles.